The molecule has 0 N–H and O–H groups in total. The average molecular weight is 451 g/mol. The van der Waals surface area contributed by atoms with Gasteiger partial charge in [0.1, 0.15) is 11.5 Å². The van der Waals surface area contributed by atoms with Gasteiger partial charge in [0.15, 0.2) is 5.78 Å². The number of ether oxygens (including phenoxy) is 2. The molecule has 0 aliphatic carbocycles. The van der Waals surface area contributed by atoms with Crippen molar-refractivity contribution in [2.24, 2.45) is 0 Å². The molecule has 3 rings (SSSR count). The van der Waals surface area contributed by atoms with Crippen molar-refractivity contribution in [3.8, 4) is 11.5 Å². The molecule has 0 saturated carbocycles. The summed E-state index contributed by atoms with van der Waals surface area (Å²) in [6, 6.07) is 21.0. The highest BCUT2D eigenvalue weighted by molar-refractivity contribution is 9.10. The van der Waals surface area contributed by atoms with Crippen molar-refractivity contribution in [1.29, 1.82) is 0 Å². The van der Waals surface area contributed by atoms with Crippen molar-refractivity contribution in [3.63, 3.8) is 0 Å². The van der Waals surface area contributed by atoms with E-state index in [4.69, 9.17) is 9.47 Å². The summed E-state index contributed by atoms with van der Waals surface area (Å²) in [4.78, 5) is 24.6. The molecule has 0 fully saturated rings. The van der Waals surface area contributed by atoms with Crippen LogP contribution in [0.4, 0.5) is 0 Å². The normalized spacial score (nSPS) is 10.7. The van der Waals surface area contributed by atoms with Gasteiger partial charge < -0.3 is 9.47 Å². The molecule has 4 nitrogen and oxygen atoms in total. The van der Waals surface area contributed by atoms with Crippen LogP contribution >= 0.6 is 15.9 Å². The maximum atomic E-state index is 12.4. The Labute approximate surface area is 177 Å². The summed E-state index contributed by atoms with van der Waals surface area (Å²) in [5, 5.41) is 0. The van der Waals surface area contributed by atoms with Crippen LogP contribution in [0.2, 0.25) is 0 Å². The van der Waals surface area contributed by atoms with Gasteiger partial charge in [-0.3, -0.25) is 4.79 Å². The molecule has 0 aliphatic rings. The summed E-state index contributed by atoms with van der Waals surface area (Å²) >= 11 is 3.33. The number of benzene rings is 3. The predicted octanol–water partition coefficient (Wildman–Crippen LogP) is 5.96. The zero-order chi connectivity index (χ0) is 20.6. The minimum Gasteiger partial charge on any atom is -0.494 e. The fourth-order valence-electron chi connectivity index (χ4n) is 2.59. The number of hydrogen-bond donors (Lipinski definition) is 0. The molecule has 5 heteroatoms. The third-order valence-corrected chi connectivity index (χ3v) is 4.75. The first-order valence-electron chi connectivity index (χ1n) is 9.09. The Bertz CT molecular complexity index is 1020. The smallest absolute Gasteiger partial charge is 0.344 e. The van der Waals surface area contributed by atoms with E-state index in [-0.39, 0.29) is 5.78 Å². The van der Waals surface area contributed by atoms with Crippen molar-refractivity contribution >= 4 is 33.8 Å². The zero-order valence-electron chi connectivity index (χ0n) is 15.8. The molecule has 0 spiro atoms. The first-order valence-corrected chi connectivity index (χ1v) is 9.88. The largest absolute Gasteiger partial charge is 0.494 e. The maximum absolute atomic E-state index is 12.4. The van der Waals surface area contributed by atoms with Crippen LogP contribution in [-0.4, -0.2) is 18.4 Å². The van der Waals surface area contributed by atoms with E-state index < -0.39 is 5.97 Å². The van der Waals surface area contributed by atoms with Gasteiger partial charge in [-0.2, -0.15) is 0 Å². The summed E-state index contributed by atoms with van der Waals surface area (Å²) in [6.07, 6.45) is 3.26. The lowest BCUT2D eigenvalue weighted by Crippen LogP contribution is -2.09. The third kappa shape index (κ3) is 5.65. The van der Waals surface area contributed by atoms with Crippen LogP contribution in [0.15, 0.2) is 83.3 Å². The van der Waals surface area contributed by atoms with Crippen molar-refractivity contribution < 1.29 is 19.1 Å². The van der Waals surface area contributed by atoms with Crippen LogP contribution in [0.5, 0.6) is 11.5 Å². The van der Waals surface area contributed by atoms with E-state index in [1.54, 1.807) is 48.5 Å². The van der Waals surface area contributed by atoms with Gasteiger partial charge in [-0.1, -0.05) is 30.3 Å². The van der Waals surface area contributed by atoms with E-state index >= 15 is 0 Å². The van der Waals surface area contributed by atoms with Crippen molar-refractivity contribution in [3.05, 3.63) is 100 Å². The van der Waals surface area contributed by atoms with Crippen LogP contribution in [-0.2, 0) is 0 Å². The molecule has 0 saturated heterocycles. The molecule has 3 aromatic carbocycles. The highest BCUT2D eigenvalue weighted by Crippen LogP contribution is 2.20. The molecule has 3 aromatic rings. The van der Waals surface area contributed by atoms with Gasteiger partial charge in [0.25, 0.3) is 0 Å². The van der Waals surface area contributed by atoms with E-state index in [0.29, 0.717) is 28.0 Å². The first kappa shape index (κ1) is 20.6. The minimum atomic E-state index is -0.466. The second-order valence-corrected chi connectivity index (χ2v) is 6.95. The maximum Gasteiger partial charge on any atom is 0.344 e. The van der Waals surface area contributed by atoms with Crippen LogP contribution in [0.25, 0.3) is 6.08 Å². The quantitative estimate of drug-likeness (QED) is 0.192. The number of halogens is 1. The monoisotopic (exact) mass is 450 g/mol. The minimum absolute atomic E-state index is 0.137. The topological polar surface area (TPSA) is 52.6 Å². The Kier molecular flexibility index (Phi) is 6.98. The Morgan fingerprint density at radius 2 is 1.55 bits per heavy atom. The molecular formula is C24H19BrO4. The Balaban J connectivity index is 1.62. The molecule has 0 amide bonds. The first-order chi connectivity index (χ1) is 14.1. The lowest BCUT2D eigenvalue weighted by Gasteiger charge is -2.06. The summed E-state index contributed by atoms with van der Waals surface area (Å²) in [7, 11) is 0. The van der Waals surface area contributed by atoms with Crippen LogP contribution < -0.4 is 9.47 Å². The van der Waals surface area contributed by atoms with E-state index in [1.165, 1.54) is 6.08 Å². The number of hydrogen-bond acceptors (Lipinski definition) is 4. The Morgan fingerprint density at radius 1 is 0.897 bits per heavy atom. The van der Waals surface area contributed by atoms with Gasteiger partial charge in [0.2, 0.25) is 0 Å². The molecule has 0 bridgehead atoms. The Hall–Kier alpha value is -3.18. The molecule has 0 aromatic heterocycles. The highest BCUT2D eigenvalue weighted by atomic mass is 79.9. The van der Waals surface area contributed by atoms with E-state index in [0.717, 1.165) is 11.3 Å². The van der Waals surface area contributed by atoms with Gasteiger partial charge >= 0.3 is 5.97 Å². The zero-order valence-corrected chi connectivity index (χ0v) is 17.4. The summed E-state index contributed by atoms with van der Waals surface area (Å²) < 4.78 is 11.4. The molecule has 0 heterocycles. The predicted molar refractivity (Wildman–Crippen MR) is 117 cm³/mol. The lowest BCUT2D eigenvalue weighted by molar-refractivity contribution is 0.0733. The molecule has 0 radical (unpaired) electrons. The molecule has 0 aliphatic heterocycles. The fraction of sp³-hybridized carbons (Fsp3) is 0.0833. The second kappa shape index (κ2) is 9.85. The third-order valence-electron chi connectivity index (χ3n) is 4.06. The van der Waals surface area contributed by atoms with E-state index in [9.17, 15) is 9.59 Å². The second-order valence-electron chi connectivity index (χ2n) is 6.09. The average Bonchev–Trinajstić information content (AvgIpc) is 2.74. The standard InChI is InChI=1S/C24H19BrO4/c1-2-28-19-12-7-17(8-13-19)9-16-23(26)18-10-14-20(15-11-18)29-24(27)21-5-3-4-6-22(21)25/h3-16H,2H2,1H3. The number of allylic oxidation sites excluding steroid dienone is 1. The fourth-order valence-corrected chi connectivity index (χ4v) is 3.03. The van der Waals surface area contributed by atoms with E-state index in [1.807, 2.05) is 37.3 Å². The van der Waals surface area contributed by atoms with Gasteiger partial charge in [-0.15, -0.1) is 0 Å². The van der Waals surface area contributed by atoms with Gasteiger partial charge in [0.05, 0.1) is 12.2 Å². The molecular weight excluding hydrogens is 432 g/mol. The van der Waals surface area contributed by atoms with Crippen molar-refractivity contribution in [2.45, 2.75) is 6.92 Å². The van der Waals surface area contributed by atoms with Crippen molar-refractivity contribution in [1.82, 2.24) is 0 Å². The summed E-state index contributed by atoms with van der Waals surface area (Å²) in [5.41, 5.74) is 1.85. The van der Waals surface area contributed by atoms with Gasteiger partial charge in [-0.05, 0) is 83.0 Å². The van der Waals surface area contributed by atoms with Crippen molar-refractivity contribution in [2.75, 3.05) is 6.61 Å². The molecule has 29 heavy (non-hydrogen) atoms. The van der Waals surface area contributed by atoms with Crippen LogP contribution in [0, 0.1) is 0 Å². The van der Waals surface area contributed by atoms with E-state index in [2.05, 4.69) is 15.9 Å². The summed E-state index contributed by atoms with van der Waals surface area (Å²) in [5.74, 6) is 0.566. The molecule has 0 unspecified atom stereocenters. The molecule has 146 valence electrons. The number of carbonyl (C=O) groups is 2. The highest BCUT2D eigenvalue weighted by Gasteiger charge is 2.12. The number of esters is 1. The molecule has 0 atom stereocenters. The lowest BCUT2D eigenvalue weighted by atomic mass is 10.1. The van der Waals surface area contributed by atoms with Crippen LogP contribution in [0.1, 0.15) is 33.2 Å². The number of ketones is 1. The number of rotatable bonds is 7. The summed E-state index contributed by atoms with van der Waals surface area (Å²) in [6.45, 7) is 2.54. The van der Waals surface area contributed by atoms with Gasteiger partial charge in [-0.25, -0.2) is 4.79 Å². The Morgan fingerprint density at radius 3 is 2.21 bits per heavy atom. The van der Waals surface area contributed by atoms with Crippen LogP contribution in [0.3, 0.4) is 0 Å². The number of carbonyl (C=O) groups excluding carboxylic acids is 2. The van der Waals surface area contributed by atoms with Gasteiger partial charge in [0, 0.05) is 10.0 Å². The SMILES string of the molecule is CCOc1ccc(C=CC(=O)c2ccc(OC(=O)c3ccccc3Br)cc2)cc1.